The molecule has 9 heteroatoms. The summed E-state index contributed by atoms with van der Waals surface area (Å²) in [6.45, 7) is 5.38. The third-order valence-corrected chi connectivity index (χ3v) is 5.17. The number of carboxylic acids is 1. The van der Waals surface area contributed by atoms with Gasteiger partial charge in [0.15, 0.2) is 0 Å². The average Bonchev–Trinajstić information content (AvgIpc) is 2.79. The molecule has 0 rings (SSSR count). The second-order valence-corrected chi connectivity index (χ2v) is 8.20. The van der Waals surface area contributed by atoms with Crippen LogP contribution >= 0.6 is 0 Å². The van der Waals surface area contributed by atoms with Crippen molar-refractivity contribution in [3.05, 3.63) is 0 Å². The Labute approximate surface area is 198 Å². The lowest BCUT2D eigenvalue weighted by atomic mass is 10.0. The molecule has 0 aromatic heterocycles. The van der Waals surface area contributed by atoms with Gasteiger partial charge in [0.25, 0.3) is 0 Å². The fourth-order valence-corrected chi connectivity index (χ4v) is 3.33. The molecule has 1 amide bonds. The SMILES string of the molecule is CCOCC(COCC)(COCCC(=O)O)NC(=O)CCCCCCCCCCC(=O)OC. The van der Waals surface area contributed by atoms with Gasteiger partial charge in [-0.3, -0.25) is 14.4 Å². The molecule has 0 aromatic carbocycles. The van der Waals surface area contributed by atoms with Crippen molar-refractivity contribution in [3.8, 4) is 0 Å². The molecule has 9 nitrogen and oxygen atoms in total. The fraction of sp³-hybridized carbons (Fsp3) is 0.875. The zero-order valence-corrected chi connectivity index (χ0v) is 20.8. The molecule has 0 heterocycles. The van der Waals surface area contributed by atoms with Crippen molar-refractivity contribution in [2.45, 2.75) is 90.0 Å². The highest BCUT2D eigenvalue weighted by molar-refractivity contribution is 5.76. The number of unbranched alkanes of at least 4 members (excludes halogenated alkanes) is 7. The topological polar surface area (TPSA) is 120 Å². The first kappa shape index (κ1) is 31.3. The van der Waals surface area contributed by atoms with Gasteiger partial charge in [-0.1, -0.05) is 38.5 Å². The van der Waals surface area contributed by atoms with Crippen LogP contribution in [0.3, 0.4) is 0 Å². The predicted molar refractivity (Wildman–Crippen MR) is 125 cm³/mol. The Balaban J connectivity index is 4.28. The van der Waals surface area contributed by atoms with E-state index >= 15 is 0 Å². The van der Waals surface area contributed by atoms with Crippen LogP contribution in [0.25, 0.3) is 0 Å². The Kier molecular flexibility index (Phi) is 19.8. The minimum atomic E-state index is -0.930. The minimum absolute atomic E-state index is 0.0634. The van der Waals surface area contributed by atoms with Crippen molar-refractivity contribution in [1.29, 1.82) is 0 Å². The molecule has 0 radical (unpaired) electrons. The van der Waals surface area contributed by atoms with E-state index in [-0.39, 0.29) is 44.7 Å². The summed E-state index contributed by atoms with van der Waals surface area (Å²) in [5.41, 5.74) is -0.841. The van der Waals surface area contributed by atoms with Gasteiger partial charge in [0, 0.05) is 26.1 Å². The van der Waals surface area contributed by atoms with E-state index in [9.17, 15) is 14.4 Å². The van der Waals surface area contributed by atoms with Gasteiger partial charge in [-0.15, -0.1) is 0 Å². The van der Waals surface area contributed by atoms with Crippen molar-refractivity contribution in [3.63, 3.8) is 0 Å². The molecule has 0 aliphatic heterocycles. The molecule has 2 N–H and O–H groups in total. The molecule has 194 valence electrons. The Bertz CT molecular complexity index is 519. The number of aliphatic carboxylic acids is 1. The summed E-state index contributed by atoms with van der Waals surface area (Å²) in [7, 11) is 1.41. The fourth-order valence-electron chi connectivity index (χ4n) is 3.33. The molecule has 0 aliphatic rings. The largest absolute Gasteiger partial charge is 0.481 e. The van der Waals surface area contributed by atoms with Crippen LogP contribution < -0.4 is 5.32 Å². The number of rotatable bonds is 23. The molecule has 0 saturated heterocycles. The highest BCUT2D eigenvalue weighted by Gasteiger charge is 2.33. The number of hydrogen-bond donors (Lipinski definition) is 2. The Morgan fingerprint density at radius 2 is 1.21 bits per heavy atom. The first-order chi connectivity index (χ1) is 15.9. The molecule has 0 fully saturated rings. The minimum Gasteiger partial charge on any atom is -0.481 e. The smallest absolute Gasteiger partial charge is 0.305 e. The highest BCUT2D eigenvalue weighted by atomic mass is 16.5. The summed E-state index contributed by atoms with van der Waals surface area (Å²) in [5, 5.41) is 11.8. The number of carboxylic acid groups (broad SMARTS) is 1. The van der Waals surface area contributed by atoms with Gasteiger partial charge in [-0.2, -0.15) is 0 Å². The third-order valence-electron chi connectivity index (χ3n) is 5.17. The van der Waals surface area contributed by atoms with Crippen LogP contribution in [-0.2, 0) is 33.3 Å². The monoisotopic (exact) mass is 475 g/mol. The lowest BCUT2D eigenvalue weighted by molar-refractivity contribution is -0.141. The molecule has 0 atom stereocenters. The number of esters is 1. The van der Waals surface area contributed by atoms with Gasteiger partial charge < -0.3 is 29.4 Å². The van der Waals surface area contributed by atoms with Crippen LogP contribution in [0.2, 0.25) is 0 Å². The number of ether oxygens (including phenoxy) is 4. The second kappa shape index (κ2) is 20.9. The van der Waals surface area contributed by atoms with E-state index in [1.165, 1.54) is 7.11 Å². The van der Waals surface area contributed by atoms with E-state index in [1.54, 1.807) is 0 Å². The highest BCUT2D eigenvalue weighted by Crippen LogP contribution is 2.13. The van der Waals surface area contributed by atoms with E-state index in [2.05, 4.69) is 10.1 Å². The average molecular weight is 476 g/mol. The second-order valence-electron chi connectivity index (χ2n) is 8.20. The quantitative estimate of drug-likeness (QED) is 0.170. The van der Waals surface area contributed by atoms with Crippen LogP contribution in [0.4, 0.5) is 0 Å². The van der Waals surface area contributed by atoms with Crippen LogP contribution in [-0.4, -0.2) is 75.2 Å². The maximum absolute atomic E-state index is 12.6. The lowest BCUT2D eigenvalue weighted by Crippen LogP contribution is -2.58. The van der Waals surface area contributed by atoms with E-state index in [4.69, 9.17) is 19.3 Å². The van der Waals surface area contributed by atoms with Gasteiger partial charge in [0.2, 0.25) is 5.91 Å². The first-order valence-electron chi connectivity index (χ1n) is 12.2. The molecular formula is C24H45NO8. The molecule has 0 aliphatic carbocycles. The maximum Gasteiger partial charge on any atom is 0.305 e. The van der Waals surface area contributed by atoms with E-state index in [0.29, 0.717) is 26.1 Å². The standard InChI is InChI=1S/C24H45NO8/c1-4-31-18-24(19-32-5-2,20-33-17-16-22(27)28)25-21(26)14-12-10-8-6-7-9-11-13-15-23(29)30-3/h4-20H2,1-3H3,(H,25,26)(H,27,28). The molecule has 0 aromatic rings. The number of methoxy groups -OCH3 is 1. The molecule has 0 spiro atoms. The molecular weight excluding hydrogens is 430 g/mol. The number of hydrogen-bond acceptors (Lipinski definition) is 7. The van der Waals surface area contributed by atoms with Crippen LogP contribution in [0.15, 0.2) is 0 Å². The maximum atomic E-state index is 12.6. The summed E-state index contributed by atoms with van der Waals surface area (Å²) < 4.78 is 21.3. The molecule has 0 unspecified atom stereocenters. The number of amides is 1. The predicted octanol–water partition coefficient (Wildman–Crippen LogP) is 3.48. The Hall–Kier alpha value is -1.71. The molecule has 0 bridgehead atoms. The summed E-state index contributed by atoms with van der Waals surface area (Å²) in [6.07, 6.45) is 8.93. The summed E-state index contributed by atoms with van der Waals surface area (Å²) in [4.78, 5) is 34.4. The zero-order chi connectivity index (χ0) is 24.8. The van der Waals surface area contributed by atoms with Gasteiger partial charge in [-0.05, 0) is 26.7 Å². The van der Waals surface area contributed by atoms with Crippen LogP contribution in [0, 0.1) is 0 Å². The van der Waals surface area contributed by atoms with Crippen molar-refractivity contribution < 1.29 is 38.4 Å². The number of carbonyl (C=O) groups is 3. The van der Waals surface area contributed by atoms with Crippen molar-refractivity contribution >= 4 is 17.8 Å². The summed E-state index contributed by atoms with van der Waals surface area (Å²) >= 11 is 0. The van der Waals surface area contributed by atoms with Crippen molar-refractivity contribution in [2.75, 3.05) is 46.8 Å². The summed E-state index contributed by atoms with van der Waals surface area (Å²) in [6, 6.07) is 0. The number of carbonyl (C=O) groups excluding carboxylic acids is 2. The van der Waals surface area contributed by atoms with Gasteiger partial charge in [0.05, 0.1) is 40.0 Å². The zero-order valence-electron chi connectivity index (χ0n) is 20.8. The Morgan fingerprint density at radius 1 is 0.727 bits per heavy atom. The third kappa shape index (κ3) is 18.4. The van der Waals surface area contributed by atoms with E-state index < -0.39 is 11.5 Å². The van der Waals surface area contributed by atoms with Crippen molar-refractivity contribution in [1.82, 2.24) is 5.32 Å². The van der Waals surface area contributed by atoms with Gasteiger partial charge >= 0.3 is 11.9 Å². The lowest BCUT2D eigenvalue weighted by Gasteiger charge is -2.34. The summed E-state index contributed by atoms with van der Waals surface area (Å²) in [5.74, 6) is -1.16. The van der Waals surface area contributed by atoms with Crippen LogP contribution in [0.1, 0.15) is 84.5 Å². The molecule has 0 saturated carbocycles. The van der Waals surface area contributed by atoms with E-state index in [1.807, 2.05) is 13.8 Å². The normalized spacial score (nSPS) is 11.4. The van der Waals surface area contributed by atoms with Crippen LogP contribution in [0.5, 0.6) is 0 Å². The first-order valence-corrected chi connectivity index (χ1v) is 12.2. The van der Waals surface area contributed by atoms with Gasteiger partial charge in [-0.25, -0.2) is 0 Å². The Morgan fingerprint density at radius 3 is 1.70 bits per heavy atom. The number of nitrogens with one attached hydrogen (secondary N) is 1. The van der Waals surface area contributed by atoms with Gasteiger partial charge in [0.1, 0.15) is 5.54 Å². The molecule has 33 heavy (non-hydrogen) atoms. The van der Waals surface area contributed by atoms with Crippen molar-refractivity contribution in [2.24, 2.45) is 0 Å². The van der Waals surface area contributed by atoms with E-state index in [0.717, 1.165) is 51.4 Å².